The fraction of sp³-hybridized carbons (Fsp3) is 0.150. The third kappa shape index (κ3) is 4.98. The molecule has 0 unspecified atom stereocenters. The molecule has 0 saturated carbocycles. The lowest BCUT2D eigenvalue weighted by Gasteiger charge is -2.06. The first kappa shape index (κ1) is 18.7. The van der Waals surface area contributed by atoms with Crippen LogP contribution in [0.15, 0.2) is 53.9 Å². The highest BCUT2D eigenvalue weighted by Gasteiger charge is 2.15. The number of hydrogen-bond acceptors (Lipinski definition) is 5. The average Bonchev–Trinajstić information content (AvgIpc) is 3.17. The number of thiazole rings is 1. The summed E-state index contributed by atoms with van der Waals surface area (Å²) in [6.07, 6.45) is 0.916. The van der Waals surface area contributed by atoms with Crippen LogP contribution in [0.3, 0.4) is 0 Å². The number of rotatable bonds is 6. The van der Waals surface area contributed by atoms with E-state index >= 15 is 0 Å². The Morgan fingerprint density at radius 1 is 1.11 bits per heavy atom. The SMILES string of the molecule is CCc1ccc(NC(=O)COC(=O)c2csc(-c3ccc(F)cc3)n2)cc1. The molecule has 1 heterocycles. The van der Waals surface area contributed by atoms with Crippen molar-refractivity contribution in [3.8, 4) is 10.6 Å². The van der Waals surface area contributed by atoms with Gasteiger partial charge in [-0.15, -0.1) is 11.3 Å². The zero-order chi connectivity index (χ0) is 19.2. The molecule has 0 radical (unpaired) electrons. The Bertz CT molecular complexity index is 937. The van der Waals surface area contributed by atoms with Gasteiger partial charge >= 0.3 is 5.97 Å². The first-order chi connectivity index (χ1) is 13.0. The molecular weight excluding hydrogens is 367 g/mol. The molecule has 1 aromatic heterocycles. The second-order valence-corrected chi connectivity index (χ2v) is 6.58. The number of carbonyl (C=O) groups is 2. The van der Waals surface area contributed by atoms with E-state index in [4.69, 9.17) is 4.74 Å². The van der Waals surface area contributed by atoms with Crippen LogP contribution in [0, 0.1) is 5.82 Å². The van der Waals surface area contributed by atoms with E-state index in [1.807, 2.05) is 19.1 Å². The van der Waals surface area contributed by atoms with Crippen LogP contribution in [-0.2, 0) is 16.0 Å². The zero-order valence-electron chi connectivity index (χ0n) is 14.6. The van der Waals surface area contributed by atoms with Crippen LogP contribution in [0.4, 0.5) is 10.1 Å². The van der Waals surface area contributed by atoms with Gasteiger partial charge in [-0.1, -0.05) is 19.1 Å². The summed E-state index contributed by atoms with van der Waals surface area (Å²) in [5.74, 6) is -1.46. The summed E-state index contributed by atoms with van der Waals surface area (Å²) < 4.78 is 18.0. The monoisotopic (exact) mass is 384 g/mol. The van der Waals surface area contributed by atoms with Crippen molar-refractivity contribution in [3.05, 3.63) is 71.0 Å². The molecule has 1 amide bonds. The molecule has 0 spiro atoms. The van der Waals surface area contributed by atoms with Gasteiger partial charge in [0.05, 0.1) is 0 Å². The van der Waals surface area contributed by atoms with E-state index in [2.05, 4.69) is 10.3 Å². The van der Waals surface area contributed by atoms with Gasteiger partial charge in [0.15, 0.2) is 12.3 Å². The van der Waals surface area contributed by atoms with Crippen LogP contribution in [0.2, 0.25) is 0 Å². The Hall–Kier alpha value is -3.06. The van der Waals surface area contributed by atoms with Gasteiger partial charge in [-0.05, 0) is 48.4 Å². The van der Waals surface area contributed by atoms with Gasteiger partial charge in [0.2, 0.25) is 0 Å². The number of aromatic nitrogens is 1. The Morgan fingerprint density at radius 3 is 2.48 bits per heavy atom. The Labute approximate surface area is 159 Å². The number of hydrogen-bond donors (Lipinski definition) is 1. The molecule has 3 aromatic rings. The summed E-state index contributed by atoms with van der Waals surface area (Å²) in [5.41, 5.74) is 2.62. The summed E-state index contributed by atoms with van der Waals surface area (Å²) in [6, 6.07) is 13.3. The summed E-state index contributed by atoms with van der Waals surface area (Å²) in [5, 5.41) is 4.78. The molecule has 138 valence electrons. The van der Waals surface area contributed by atoms with Crippen molar-refractivity contribution in [1.29, 1.82) is 0 Å². The zero-order valence-corrected chi connectivity index (χ0v) is 15.4. The normalized spacial score (nSPS) is 10.4. The Morgan fingerprint density at radius 2 is 1.81 bits per heavy atom. The smallest absolute Gasteiger partial charge is 0.358 e. The number of nitrogens with zero attached hydrogens (tertiary/aromatic N) is 1. The third-order valence-corrected chi connectivity index (χ3v) is 4.68. The molecular formula is C20H17FN2O3S. The number of anilines is 1. The van der Waals surface area contributed by atoms with Crippen LogP contribution >= 0.6 is 11.3 Å². The lowest BCUT2D eigenvalue weighted by Crippen LogP contribution is -2.21. The minimum absolute atomic E-state index is 0.111. The topological polar surface area (TPSA) is 68.3 Å². The van der Waals surface area contributed by atoms with Gasteiger partial charge in [-0.2, -0.15) is 0 Å². The summed E-state index contributed by atoms with van der Waals surface area (Å²) >= 11 is 1.24. The Balaban J connectivity index is 1.54. The number of amides is 1. The highest BCUT2D eigenvalue weighted by molar-refractivity contribution is 7.13. The third-order valence-electron chi connectivity index (χ3n) is 3.78. The van der Waals surface area contributed by atoms with Gasteiger partial charge < -0.3 is 10.1 Å². The summed E-state index contributed by atoms with van der Waals surface area (Å²) in [4.78, 5) is 28.2. The summed E-state index contributed by atoms with van der Waals surface area (Å²) in [7, 11) is 0. The fourth-order valence-corrected chi connectivity index (χ4v) is 3.11. The maximum Gasteiger partial charge on any atom is 0.358 e. The number of ether oxygens (including phenoxy) is 1. The molecule has 27 heavy (non-hydrogen) atoms. The standard InChI is InChI=1S/C20H17FN2O3S/c1-2-13-3-9-16(10-4-13)22-18(24)11-26-20(25)17-12-27-19(23-17)14-5-7-15(21)8-6-14/h3-10,12H,2,11H2,1H3,(H,22,24). The first-order valence-corrected chi connectivity index (χ1v) is 9.20. The molecule has 2 aromatic carbocycles. The fourth-order valence-electron chi connectivity index (χ4n) is 2.32. The average molecular weight is 384 g/mol. The van der Waals surface area contributed by atoms with Crippen LogP contribution in [0.5, 0.6) is 0 Å². The van der Waals surface area contributed by atoms with Crippen molar-refractivity contribution < 1.29 is 18.7 Å². The number of halogens is 1. The maximum absolute atomic E-state index is 13.0. The molecule has 3 rings (SSSR count). The van der Waals surface area contributed by atoms with E-state index < -0.39 is 18.5 Å². The van der Waals surface area contributed by atoms with Gasteiger partial charge in [0, 0.05) is 16.6 Å². The van der Waals surface area contributed by atoms with Gasteiger partial charge in [-0.3, -0.25) is 4.79 Å². The van der Waals surface area contributed by atoms with E-state index in [1.54, 1.807) is 29.6 Å². The van der Waals surface area contributed by atoms with Gasteiger partial charge in [0.1, 0.15) is 10.8 Å². The van der Waals surface area contributed by atoms with Crippen LogP contribution in [0.25, 0.3) is 10.6 Å². The molecule has 0 aliphatic rings. The predicted octanol–water partition coefficient (Wildman–Crippen LogP) is 4.31. The quantitative estimate of drug-likeness (QED) is 0.643. The minimum atomic E-state index is -0.684. The van der Waals surface area contributed by atoms with Gasteiger partial charge in [0.25, 0.3) is 5.91 Å². The lowest BCUT2D eigenvalue weighted by atomic mass is 10.1. The molecule has 7 heteroatoms. The van der Waals surface area contributed by atoms with E-state index in [-0.39, 0.29) is 11.5 Å². The van der Waals surface area contributed by atoms with Crippen molar-refractivity contribution >= 4 is 28.9 Å². The predicted molar refractivity (Wildman–Crippen MR) is 102 cm³/mol. The second kappa shape index (κ2) is 8.55. The molecule has 0 bridgehead atoms. The number of benzene rings is 2. The number of carbonyl (C=O) groups excluding carboxylic acids is 2. The highest BCUT2D eigenvalue weighted by atomic mass is 32.1. The van der Waals surface area contributed by atoms with Crippen molar-refractivity contribution in [2.75, 3.05) is 11.9 Å². The second-order valence-electron chi connectivity index (χ2n) is 5.72. The van der Waals surface area contributed by atoms with Crippen molar-refractivity contribution in [3.63, 3.8) is 0 Å². The lowest BCUT2D eigenvalue weighted by molar-refractivity contribution is -0.119. The molecule has 5 nitrogen and oxygen atoms in total. The molecule has 1 N–H and O–H groups in total. The minimum Gasteiger partial charge on any atom is -0.451 e. The van der Waals surface area contributed by atoms with Crippen molar-refractivity contribution in [2.45, 2.75) is 13.3 Å². The van der Waals surface area contributed by atoms with Crippen LogP contribution in [-0.4, -0.2) is 23.5 Å². The molecule has 0 saturated heterocycles. The van der Waals surface area contributed by atoms with Crippen LogP contribution in [0.1, 0.15) is 23.0 Å². The number of nitrogens with one attached hydrogen (secondary N) is 1. The van der Waals surface area contributed by atoms with E-state index in [9.17, 15) is 14.0 Å². The largest absolute Gasteiger partial charge is 0.451 e. The molecule has 0 fully saturated rings. The number of aryl methyl sites for hydroxylation is 1. The highest BCUT2D eigenvalue weighted by Crippen LogP contribution is 2.24. The summed E-state index contributed by atoms with van der Waals surface area (Å²) in [6.45, 7) is 1.64. The maximum atomic E-state index is 13.0. The molecule has 0 aliphatic carbocycles. The van der Waals surface area contributed by atoms with E-state index in [1.165, 1.54) is 29.0 Å². The van der Waals surface area contributed by atoms with Crippen LogP contribution < -0.4 is 5.32 Å². The first-order valence-electron chi connectivity index (χ1n) is 8.32. The van der Waals surface area contributed by atoms with E-state index in [0.717, 1.165) is 6.42 Å². The van der Waals surface area contributed by atoms with E-state index in [0.29, 0.717) is 16.3 Å². The van der Waals surface area contributed by atoms with Crippen molar-refractivity contribution in [1.82, 2.24) is 4.98 Å². The van der Waals surface area contributed by atoms with Gasteiger partial charge in [-0.25, -0.2) is 14.2 Å². The number of esters is 1. The van der Waals surface area contributed by atoms with Crippen molar-refractivity contribution in [2.24, 2.45) is 0 Å². The Kier molecular flexibility index (Phi) is 5.93. The molecule has 0 atom stereocenters. The molecule has 0 aliphatic heterocycles.